The number of pyridine rings is 1. The molecular formula is C23H22FN5OS. The van der Waals surface area contributed by atoms with Gasteiger partial charge in [0.25, 0.3) is 0 Å². The highest BCUT2D eigenvalue weighted by Crippen LogP contribution is 2.23. The molecule has 1 N–H and O–H groups in total. The van der Waals surface area contributed by atoms with Crippen LogP contribution in [0.5, 0.6) is 0 Å². The molecule has 0 saturated carbocycles. The molecule has 0 radical (unpaired) electrons. The average Bonchev–Trinajstić information content (AvgIpc) is 3.27. The predicted molar refractivity (Wildman–Crippen MR) is 119 cm³/mol. The second-order valence-corrected chi connectivity index (χ2v) is 8.22. The summed E-state index contributed by atoms with van der Waals surface area (Å²) in [6, 6.07) is 12.1. The number of hydrogen-bond acceptors (Lipinski definition) is 5. The number of rotatable bonds is 6. The normalized spacial score (nSPS) is 11.0. The van der Waals surface area contributed by atoms with Crippen LogP contribution in [0.15, 0.2) is 47.8 Å². The number of aromatic nitrogens is 4. The van der Waals surface area contributed by atoms with E-state index in [-0.39, 0.29) is 18.1 Å². The minimum absolute atomic E-state index is 0.154. The molecule has 4 rings (SSSR count). The van der Waals surface area contributed by atoms with Gasteiger partial charge in [0.2, 0.25) is 11.0 Å². The fourth-order valence-corrected chi connectivity index (χ4v) is 4.23. The van der Waals surface area contributed by atoms with Crippen molar-refractivity contribution in [2.24, 2.45) is 0 Å². The molecule has 4 aromatic rings. The van der Waals surface area contributed by atoms with Crippen molar-refractivity contribution in [3.8, 4) is 5.13 Å². The second-order valence-electron chi connectivity index (χ2n) is 7.38. The van der Waals surface area contributed by atoms with Crippen molar-refractivity contribution in [3.05, 3.63) is 87.6 Å². The number of carbonyl (C=O) groups is 1. The first kappa shape index (κ1) is 20.9. The number of nitrogens with one attached hydrogen (secondary N) is 1. The van der Waals surface area contributed by atoms with Crippen LogP contribution in [0.1, 0.15) is 33.9 Å². The average molecular weight is 436 g/mol. The summed E-state index contributed by atoms with van der Waals surface area (Å²) in [5.74, 6) is 0.111. The summed E-state index contributed by atoms with van der Waals surface area (Å²) in [6.45, 7) is 5.79. The Hall–Kier alpha value is -3.39. The van der Waals surface area contributed by atoms with Gasteiger partial charge in [0.05, 0.1) is 17.8 Å². The standard InChI is InChI=1S/C23H22FN5OS/c1-14-6-4-9-21(25-14)27-22(30)12-19-13-31-23(26-19)29-16(3)20(15(2)28-29)11-17-7-5-8-18(24)10-17/h4-10,13H,11-12H2,1-3H3,(H,25,27,30). The summed E-state index contributed by atoms with van der Waals surface area (Å²) >= 11 is 1.43. The van der Waals surface area contributed by atoms with E-state index in [2.05, 4.69) is 20.4 Å². The lowest BCUT2D eigenvalue weighted by atomic mass is 10.0. The Morgan fingerprint density at radius 1 is 1.13 bits per heavy atom. The first-order valence-corrected chi connectivity index (χ1v) is 10.7. The molecule has 0 unspecified atom stereocenters. The quantitative estimate of drug-likeness (QED) is 0.482. The van der Waals surface area contributed by atoms with Gasteiger partial charge >= 0.3 is 0 Å². The third-order valence-corrected chi connectivity index (χ3v) is 5.79. The highest BCUT2D eigenvalue weighted by Gasteiger charge is 2.17. The minimum Gasteiger partial charge on any atom is -0.310 e. The summed E-state index contributed by atoms with van der Waals surface area (Å²) in [5.41, 5.74) is 5.28. The molecule has 0 bridgehead atoms. The predicted octanol–water partition coefficient (Wildman–Crippen LogP) is 4.56. The van der Waals surface area contributed by atoms with Gasteiger partial charge in [-0.15, -0.1) is 11.3 Å². The first-order valence-electron chi connectivity index (χ1n) is 9.87. The maximum Gasteiger partial charge on any atom is 0.231 e. The van der Waals surface area contributed by atoms with Crippen molar-refractivity contribution < 1.29 is 9.18 Å². The van der Waals surface area contributed by atoms with Crippen molar-refractivity contribution in [3.63, 3.8) is 0 Å². The molecular weight excluding hydrogens is 413 g/mol. The van der Waals surface area contributed by atoms with Gasteiger partial charge in [-0.3, -0.25) is 4.79 Å². The molecule has 3 aromatic heterocycles. The molecule has 0 saturated heterocycles. The van der Waals surface area contributed by atoms with E-state index in [0.29, 0.717) is 23.1 Å². The van der Waals surface area contributed by atoms with Crippen LogP contribution >= 0.6 is 11.3 Å². The Kier molecular flexibility index (Phi) is 5.90. The van der Waals surface area contributed by atoms with Crippen LogP contribution in [0.2, 0.25) is 0 Å². The Morgan fingerprint density at radius 2 is 1.94 bits per heavy atom. The first-order chi connectivity index (χ1) is 14.9. The van der Waals surface area contributed by atoms with Gasteiger partial charge in [-0.1, -0.05) is 18.2 Å². The molecule has 0 fully saturated rings. The maximum atomic E-state index is 13.5. The van der Waals surface area contributed by atoms with E-state index >= 15 is 0 Å². The third-order valence-electron chi connectivity index (χ3n) is 4.93. The van der Waals surface area contributed by atoms with Crippen molar-refractivity contribution in [1.29, 1.82) is 0 Å². The smallest absolute Gasteiger partial charge is 0.231 e. The minimum atomic E-state index is -0.246. The number of halogens is 1. The largest absolute Gasteiger partial charge is 0.310 e. The highest BCUT2D eigenvalue weighted by molar-refractivity contribution is 7.12. The van der Waals surface area contributed by atoms with E-state index in [1.54, 1.807) is 22.9 Å². The zero-order valence-electron chi connectivity index (χ0n) is 17.5. The van der Waals surface area contributed by atoms with Gasteiger partial charge in [0, 0.05) is 28.8 Å². The van der Waals surface area contributed by atoms with Gasteiger partial charge in [-0.05, 0) is 50.6 Å². The summed E-state index contributed by atoms with van der Waals surface area (Å²) < 4.78 is 15.3. The van der Waals surface area contributed by atoms with E-state index in [9.17, 15) is 9.18 Å². The van der Waals surface area contributed by atoms with Gasteiger partial charge in [-0.25, -0.2) is 19.0 Å². The number of nitrogens with zero attached hydrogens (tertiary/aromatic N) is 4. The Morgan fingerprint density at radius 3 is 2.71 bits per heavy atom. The molecule has 158 valence electrons. The van der Waals surface area contributed by atoms with Gasteiger partial charge in [0.1, 0.15) is 11.6 Å². The van der Waals surface area contributed by atoms with Crippen molar-refractivity contribution in [2.75, 3.05) is 5.32 Å². The number of benzene rings is 1. The molecule has 0 aliphatic rings. The zero-order chi connectivity index (χ0) is 22.0. The Balaban J connectivity index is 1.49. The van der Waals surface area contributed by atoms with E-state index in [1.807, 2.05) is 44.4 Å². The molecule has 3 heterocycles. The third kappa shape index (κ3) is 4.86. The monoisotopic (exact) mass is 435 g/mol. The highest BCUT2D eigenvalue weighted by atomic mass is 32.1. The number of amides is 1. The number of carbonyl (C=O) groups excluding carboxylic acids is 1. The SMILES string of the molecule is Cc1cccc(NC(=O)Cc2csc(-n3nc(C)c(Cc4cccc(F)c4)c3C)n2)n1. The number of thiazole rings is 1. The van der Waals surface area contributed by atoms with E-state index in [1.165, 1.54) is 17.4 Å². The fraction of sp³-hybridized carbons (Fsp3) is 0.217. The lowest BCUT2D eigenvalue weighted by molar-refractivity contribution is -0.115. The van der Waals surface area contributed by atoms with Crippen LogP contribution in [0.25, 0.3) is 5.13 Å². The van der Waals surface area contributed by atoms with Gasteiger partial charge in [0.15, 0.2) is 0 Å². The molecule has 8 heteroatoms. The van der Waals surface area contributed by atoms with E-state index < -0.39 is 0 Å². The van der Waals surface area contributed by atoms with Gasteiger partial charge < -0.3 is 5.32 Å². The molecule has 6 nitrogen and oxygen atoms in total. The Labute approximate surface area is 183 Å². The van der Waals surface area contributed by atoms with Crippen molar-refractivity contribution >= 4 is 23.1 Å². The Bertz CT molecular complexity index is 1250. The van der Waals surface area contributed by atoms with Crippen LogP contribution in [0, 0.1) is 26.6 Å². The molecule has 0 aliphatic carbocycles. The van der Waals surface area contributed by atoms with Crippen molar-refractivity contribution in [2.45, 2.75) is 33.6 Å². The van der Waals surface area contributed by atoms with Crippen LogP contribution in [0.3, 0.4) is 0 Å². The van der Waals surface area contributed by atoms with Crippen LogP contribution < -0.4 is 5.32 Å². The number of anilines is 1. The maximum absolute atomic E-state index is 13.5. The summed E-state index contributed by atoms with van der Waals surface area (Å²) in [6.07, 6.45) is 0.751. The van der Waals surface area contributed by atoms with Crippen LogP contribution in [-0.4, -0.2) is 25.7 Å². The summed E-state index contributed by atoms with van der Waals surface area (Å²) in [7, 11) is 0. The van der Waals surface area contributed by atoms with E-state index in [4.69, 9.17) is 0 Å². The molecule has 1 aromatic carbocycles. The van der Waals surface area contributed by atoms with E-state index in [0.717, 1.165) is 28.2 Å². The fourth-order valence-electron chi connectivity index (χ4n) is 3.41. The van der Waals surface area contributed by atoms with Crippen LogP contribution in [-0.2, 0) is 17.6 Å². The topological polar surface area (TPSA) is 72.7 Å². The number of aryl methyl sites for hydroxylation is 2. The zero-order valence-corrected chi connectivity index (χ0v) is 18.3. The second kappa shape index (κ2) is 8.77. The van der Waals surface area contributed by atoms with Crippen LogP contribution in [0.4, 0.5) is 10.2 Å². The van der Waals surface area contributed by atoms with Gasteiger partial charge in [-0.2, -0.15) is 5.10 Å². The number of hydrogen-bond donors (Lipinski definition) is 1. The molecule has 1 amide bonds. The molecule has 31 heavy (non-hydrogen) atoms. The molecule has 0 spiro atoms. The molecule has 0 atom stereocenters. The molecule has 0 aliphatic heterocycles. The lowest BCUT2D eigenvalue weighted by Crippen LogP contribution is -2.15. The van der Waals surface area contributed by atoms with Crippen molar-refractivity contribution in [1.82, 2.24) is 19.7 Å². The summed E-state index contributed by atoms with van der Waals surface area (Å²) in [4.78, 5) is 21.2. The lowest BCUT2D eigenvalue weighted by Gasteiger charge is -2.04. The summed E-state index contributed by atoms with van der Waals surface area (Å²) in [5, 5.41) is 9.99.